The van der Waals surface area contributed by atoms with E-state index in [1.807, 2.05) is 0 Å². The zero-order valence-electron chi connectivity index (χ0n) is 13.4. The summed E-state index contributed by atoms with van der Waals surface area (Å²) in [5, 5.41) is 4.29. The Kier molecular flexibility index (Phi) is 4.33. The number of carbonyl (C=O) groups excluding carboxylic acids is 1. The van der Waals surface area contributed by atoms with E-state index >= 15 is 0 Å². The molecule has 0 spiro atoms. The van der Waals surface area contributed by atoms with Crippen LogP contribution in [0.5, 0.6) is 5.75 Å². The molecule has 7 heteroatoms. The molecule has 1 saturated carbocycles. The Morgan fingerprint density at radius 1 is 1.33 bits per heavy atom. The molecule has 0 radical (unpaired) electrons. The molecule has 0 atom stereocenters. The molecule has 1 aliphatic rings. The number of aromatic nitrogens is 2. The Labute approximate surface area is 137 Å². The molecular formula is C17H17FN2O4. The first-order chi connectivity index (χ1) is 11.5. The van der Waals surface area contributed by atoms with E-state index < -0.39 is 17.3 Å². The quantitative estimate of drug-likeness (QED) is 0.786. The van der Waals surface area contributed by atoms with Gasteiger partial charge in [0.2, 0.25) is 0 Å². The van der Waals surface area contributed by atoms with Gasteiger partial charge in [-0.3, -0.25) is 4.79 Å². The van der Waals surface area contributed by atoms with E-state index in [2.05, 4.69) is 9.84 Å². The second kappa shape index (κ2) is 6.43. The summed E-state index contributed by atoms with van der Waals surface area (Å²) < 4.78 is 24.8. The van der Waals surface area contributed by atoms with Crippen LogP contribution in [-0.4, -0.2) is 30.0 Å². The summed E-state index contributed by atoms with van der Waals surface area (Å²) in [5.74, 6) is -0.777. The van der Waals surface area contributed by atoms with Crippen molar-refractivity contribution in [3.63, 3.8) is 0 Å². The normalized spacial score (nSPS) is 13.6. The zero-order chi connectivity index (χ0) is 17.3. The second-order valence-corrected chi connectivity index (χ2v) is 5.71. The number of ether oxygens (including phenoxy) is 2. The highest BCUT2D eigenvalue weighted by Crippen LogP contribution is 2.30. The maximum atomic E-state index is 13.9. The van der Waals surface area contributed by atoms with Crippen LogP contribution >= 0.6 is 0 Å². The van der Waals surface area contributed by atoms with Crippen LogP contribution in [0.2, 0.25) is 0 Å². The molecule has 24 heavy (non-hydrogen) atoms. The monoisotopic (exact) mass is 332 g/mol. The van der Waals surface area contributed by atoms with Gasteiger partial charge in [-0.2, -0.15) is 5.10 Å². The van der Waals surface area contributed by atoms with Crippen molar-refractivity contribution in [2.24, 2.45) is 5.92 Å². The first-order valence-electron chi connectivity index (χ1n) is 7.58. The molecule has 1 heterocycles. The maximum Gasteiger partial charge on any atom is 0.343 e. The highest BCUT2D eigenvalue weighted by molar-refractivity contribution is 5.90. The Morgan fingerprint density at radius 2 is 2.08 bits per heavy atom. The lowest BCUT2D eigenvalue weighted by atomic mass is 10.1. The van der Waals surface area contributed by atoms with Crippen molar-refractivity contribution in [2.75, 3.05) is 14.2 Å². The molecule has 1 fully saturated rings. The van der Waals surface area contributed by atoms with E-state index in [1.165, 1.54) is 37.1 Å². The van der Waals surface area contributed by atoms with E-state index in [0.717, 1.165) is 12.8 Å². The van der Waals surface area contributed by atoms with E-state index in [4.69, 9.17) is 4.74 Å². The minimum Gasteiger partial charge on any atom is -0.494 e. The number of methoxy groups -OCH3 is 2. The number of hydrogen-bond donors (Lipinski definition) is 0. The number of esters is 1. The van der Waals surface area contributed by atoms with Gasteiger partial charge in [0.25, 0.3) is 5.56 Å². The van der Waals surface area contributed by atoms with Crippen molar-refractivity contribution in [3.05, 3.63) is 46.0 Å². The van der Waals surface area contributed by atoms with Crippen molar-refractivity contribution in [1.82, 2.24) is 9.78 Å². The summed E-state index contributed by atoms with van der Waals surface area (Å²) in [4.78, 5) is 24.3. The average Bonchev–Trinajstić information content (AvgIpc) is 3.40. The van der Waals surface area contributed by atoms with Gasteiger partial charge in [0, 0.05) is 12.1 Å². The lowest BCUT2D eigenvalue weighted by Crippen LogP contribution is -2.30. The van der Waals surface area contributed by atoms with Gasteiger partial charge in [0.05, 0.1) is 19.9 Å². The van der Waals surface area contributed by atoms with E-state index in [9.17, 15) is 14.0 Å². The van der Waals surface area contributed by atoms with Crippen LogP contribution in [0.25, 0.3) is 11.3 Å². The molecule has 0 bridgehead atoms. The van der Waals surface area contributed by atoms with E-state index in [-0.39, 0.29) is 11.3 Å². The molecule has 2 aromatic rings. The Morgan fingerprint density at radius 3 is 2.67 bits per heavy atom. The summed E-state index contributed by atoms with van der Waals surface area (Å²) in [6.07, 6.45) is 2.06. The van der Waals surface area contributed by atoms with Crippen LogP contribution in [0.15, 0.2) is 29.1 Å². The second-order valence-electron chi connectivity index (χ2n) is 5.71. The van der Waals surface area contributed by atoms with Crippen molar-refractivity contribution in [1.29, 1.82) is 0 Å². The number of rotatable bonds is 5. The lowest BCUT2D eigenvalue weighted by molar-refractivity contribution is 0.0597. The first-order valence-corrected chi connectivity index (χ1v) is 7.58. The average molecular weight is 332 g/mol. The van der Waals surface area contributed by atoms with E-state index in [0.29, 0.717) is 23.7 Å². The minimum absolute atomic E-state index is 0.109. The van der Waals surface area contributed by atoms with Crippen molar-refractivity contribution in [2.45, 2.75) is 19.4 Å². The molecule has 3 rings (SSSR count). The fourth-order valence-corrected chi connectivity index (χ4v) is 2.43. The number of nitrogens with zero attached hydrogens (tertiary/aromatic N) is 2. The van der Waals surface area contributed by atoms with Crippen LogP contribution in [0.1, 0.15) is 23.2 Å². The van der Waals surface area contributed by atoms with Gasteiger partial charge >= 0.3 is 5.97 Å². The number of carbonyl (C=O) groups is 1. The molecule has 126 valence electrons. The summed E-state index contributed by atoms with van der Waals surface area (Å²) >= 11 is 0. The molecular weight excluding hydrogens is 315 g/mol. The molecule has 1 aliphatic carbocycles. The Bertz CT molecular complexity index is 843. The van der Waals surface area contributed by atoms with Gasteiger partial charge < -0.3 is 9.47 Å². The van der Waals surface area contributed by atoms with Gasteiger partial charge in [0.1, 0.15) is 5.56 Å². The maximum absolute atomic E-state index is 13.9. The van der Waals surface area contributed by atoms with Gasteiger partial charge in [-0.15, -0.1) is 0 Å². The van der Waals surface area contributed by atoms with Gasteiger partial charge in [-0.1, -0.05) is 0 Å². The largest absolute Gasteiger partial charge is 0.494 e. The lowest BCUT2D eigenvalue weighted by Gasteiger charge is -2.10. The third-order valence-corrected chi connectivity index (χ3v) is 3.96. The molecule has 6 nitrogen and oxygen atoms in total. The van der Waals surface area contributed by atoms with Gasteiger partial charge in [-0.05, 0) is 43.0 Å². The Hall–Kier alpha value is -2.70. The third kappa shape index (κ3) is 3.15. The molecule has 1 aromatic carbocycles. The molecule has 0 N–H and O–H groups in total. The standard InChI is InChI=1S/C17H17FN2O4/c1-23-15-6-5-11(7-13(15)18)14-8-12(17(22)24-2)16(21)20(19-14)9-10-3-4-10/h5-8,10H,3-4,9H2,1-2H3. The third-order valence-electron chi connectivity index (χ3n) is 3.96. The zero-order valence-corrected chi connectivity index (χ0v) is 13.4. The fourth-order valence-electron chi connectivity index (χ4n) is 2.43. The molecule has 0 aliphatic heterocycles. The van der Waals surface area contributed by atoms with Crippen LogP contribution in [0, 0.1) is 11.7 Å². The summed E-state index contributed by atoms with van der Waals surface area (Å²) in [6.45, 7) is 0.440. The molecule has 0 saturated heterocycles. The summed E-state index contributed by atoms with van der Waals surface area (Å²) in [6, 6.07) is 5.69. The van der Waals surface area contributed by atoms with Crippen molar-refractivity contribution >= 4 is 5.97 Å². The SMILES string of the molecule is COC(=O)c1cc(-c2ccc(OC)c(F)c2)nn(CC2CC2)c1=O. The van der Waals surface area contributed by atoms with Crippen molar-refractivity contribution < 1.29 is 18.7 Å². The fraction of sp³-hybridized carbons (Fsp3) is 0.353. The predicted octanol–water partition coefficient (Wildman–Crippen LogP) is 2.25. The van der Waals surface area contributed by atoms with Gasteiger partial charge in [0.15, 0.2) is 11.6 Å². The highest BCUT2D eigenvalue weighted by atomic mass is 19.1. The number of halogens is 1. The summed E-state index contributed by atoms with van der Waals surface area (Å²) in [7, 11) is 2.58. The number of hydrogen-bond acceptors (Lipinski definition) is 5. The first kappa shape index (κ1) is 16.2. The van der Waals surface area contributed by atoms with Gasteiger partial charge in [-0.25, -0.2) is 13.9 Å². The highest BCUT2D eigenvalue weighted by Gasteiger charge is 2.25. The smallest absolute Gasteiger partial charge is 0.343 e. The van der Waals surface area contributed by atoms with Crippen LogP contribution in [0.3, 0.4) is 0 Å². The number of benzene rings is 1. The Balaban J connectivity index is 2.10. The van der Waals surface area contributed by atoms with Crippen LogP contribution in [0.4, 0.5) is 4.39 Å². The molecule has 0 amide bonds. The van der Waals surface area contributed by atoms with Crippen LogP contribution in [-0.2, 0) is 11.3 Å². The predicted molar refractivity (Wildman–Crippen MR) is 84.5 cm³/mol. The molecule has 1 aromatic heterocycles. The summed E-state index contributed by atoms with van der Waals surface area (Å²) in [5.41, 5.74) is 0.172. The van der Waals surface area contributed by atoms with Crippen molar-refractivity contribution in [3.8, 4) is 17.0 Å². The van der Waals surface area contributed by atoms with E-state index in [1.54, 1.807) is 6.07 Å². The topological polar surface area (TPSA) is 70.4 Å². The minimum atomic E-state index is -0.734. The van der Waals surface area contributed by atoms with Crippen LogP contribution < -0.4 is 10.3 Å². The molecule has 0 unspecified atom stereocenters.